The van der Waals surface area contributed by atoms with Gasteiger partial charge in [0.05, 0.1) is 17.8 Å². The Morgan fingerprint density at radius 3 is 3.47 bits per heavy atom. The number of nitrogens with one attached hydrogen (secondary N) is 1. The molecule has 3 nitrogen and oxygen atoms in total. The first kappa shape index (κ1) is 8.97. The predicted molar refractivity (Wildman–Crippen MR) is 59.5 cm³/mol. The molecule has 3 rings (SSSR count). The fourth-order valence-electron chi connectivity index (χ4n) is 2.02. The molecule has 1 atom stereocenters. The van der Waals surface area contributed by atoms with Crippen LogP contribution in [0.1, 0.15) is 22.9 Å². The summed E-state index contributed by atoms with van der Waals surface area (Å²) in [5, 5.41) is 2.11. The number of H-pyrrole nitrogens is 1. The summed E-state index contributed by atoms with van der Waals surface area (Å²) in [7, 11) is 0. The van der Waals surface area contributed by atoms with Crippen LogP contribution in [0.25, 0.3) is 0 Å². The van der Waals surface area contributed by atoms with Gasteiger partial charge in [-0.3, -0.25) is 0 Å². The van der Waals surface area contributed by atoms with Gasteiger partial charge in [0.1, 0.15) is 5.75 Å². The average Bonchev–Trinajstić information content (AvgIpc) is 2.87. The van der Waals surface area contributed by atoms with Crippen molar-refractivity contribution in [1.82, 2.24) is 9.97 Å². The van der Waals surface area contributed by atoms with Gasteiger partial charge < -0.3 is 9.72 Å². The summed E-state index contributed by atoms with van der Waals surface area (Å²) in [5.41, 5.74) is 1.21. The van der Waals surface area contributed by atoms with Crippen molar-refractivity contribution in [3.8, 4) is 5.75 Å². The third kappa shape index (κ3) is 1.65. The molecule has 1 unspecified atom stereocenters. The Labute approximate surface area is 92.1 Å². The van der Waals surface area contributed by atoms with Crippen LogP contribution in [0, 0.1) is 0 Å². The quantitative estimate of drug-likeness (QED) is 0.844. The molecule has 3 heterocycles. The molecule has 0 amide bonds. The van der Waals surface area contributed by atoms with E-state index >= 15 is 0 Å². The van der Waals surface area contributed by atoms with E-state index in [4.69, 9.17) is 4.74 Å². The van der Waals surface area contributed by atoms with E-state index in [2.05, 4.69) is 21.4 Å². The van der Waals surface area contributed by atoms with Crippen LogP contribution in [-0.2, 0) is 6.42 Å². The van der Waals surface area contributed by atoms with Crippen LogP contribution in [0.4, 0.5) is 0 Å². The number of rotatable bonds is 2. The summed E-state index contributed by atoms with van der Waals surface area (Å²) in [6.45, 7) is 0.836. The molecule has 1 N–H and O–H groups in total. The number of thiophene rings is 1. The maximum absolute atomic E-state index is 5.60. The third-order valence-electron chi connectivity index (χ3n) is 2.77. The van der Waals surface area contributed by atoms with E-state index in [-0.39, 0.29) is 0 Å². The van der Waals surface area contributed by atoms with Gasteiger partial charge in [0.2, 0.25) is 0 Å². The molecule has 0 saturated carbocycles. The Hall–Kier alpha value is -1.29. The number of nitrogens with zero attached hydrogens (tertiary/aromatic N) is 1. The zero-order valence-electron chi connectivity index (χ0n) is 8.27. The van der Waals surface area contributed by atoms with Crippen LogP contribution in [0.2, 0.25) is 0 Å². The van der Waals surface area contributed by atoms with Gasteiger partial charge >= 0.3 is 0 Å². The molecule has 0 aromatic carbocycles. The van der Waals surface area contributed by atoms with Crippen molar-refractivity contribution in [1.29, 1.82) is 0 Å². The minimum atomic E-state index is 0.592. The van der Waals surface area contributed by atoms with Crippen molar-refractivity contribution < 1.29 is 4.74 Å². The lowest BCUT2D eigenvalue weighted by atomic mass is 9.96. The first-order valence-corrected chi connectivity index (χ1v) is 5.99. The van der Waals surface area contributed by atoms with Gasteiger partial charge in [0.25, 0.3) is 0 Å². The first-order chi connectivity index (χ1) is 7.43. The molecule has 0 bridgehead atoms. The van der Waals surface area contributed by atoms with Crippen molar-refractivity contribution in [3.63, 3.8) is 0 Å². The fourth-order valence-corrected chi connectivity index (χ4v) is 3.00. The lowest BCUT2D eigenvalue weighted by Crippen LogP contribution is -2.14. The summed E-state index contributed by atoms with van der Waals surface area (Å²) in [6, 6.07) is 2.07. The zero-order valence-corrected chi connectivity index (χ0v) is 9.09. The second-order valence-corrected chi connectivity index (χ2v) is 4.71. The van der Waals surface area contributed by atoms with Crippen LogP contribution >= 0.6 is 11.3 Å². The van der Waals surface area contributed by atoms with E-state index in [1.165, 1.54) is 10.6 Å². The second kappa shape index (κ2) is 3.70. The van der Waals surface area contributed by atoms with Gasteiger partial charge in [-0.25, -0.2) is 4.98 Å². The van der Waals surface area contributed by atoms with Crippen molar-refractivity contribution in [3.05, 3.63) is 34.5 Å². The maximum Gasteiger partial charge on any atom is 0.133 e. The van der Waals surface area contributed by atoms with Crippen molar-refractivity contribution in [2.45, 2.75) is 18.8 Å². The number of imidazole rings is 1. The summed E-state index contributed by atoms with van der Waals surface area (Å²) >= 11 is 1.80. The van der Waals surface area contributed by atoms with Crippen LogP contribution in [0.15, 0.2) is 24.0 Å². The molecule has 78 valence electrons. The van der Waals surface area contributed by atoms with Crippen LogP contribution in [0.5, 0.6) is 5.75 Å². The summed E-state index contributed by atoms with van der Waals surface area (Å²) in [4.78, 5) is 8.59. The highest BCUT2D eigenvalue weighted by Gasteiger charge is 2.23. The highest BCUT2D eigenvalue weighted by atomic mass is 32.1. The van der Waals surface area contributed by atoms with Crippen LogP contribution < -0.4 is 4.74 Å². The van der Waals surface area contributed by atoms with E-state index in [0.717, 1.165) is 25.2 Å². The Morgan fingerprint density at radius 1 is 1.60 bits per heavy atom. The van der Waals surface area contributed by atoms with Crippen LogP contribution in [-0.4, -0.2) is 16.6 Å². The summed E-state index contributed by atoms with van der Waals surface area (Å²) in [5.74, 6) is 1.67. The summed E-state index contributed by atoms with van der Waals surface area (Å²) in [6.07, 6.45) is 5.79. The number of aromatic nitrogens is 2. The molecule has 0 aliphatic carbocycles. The molecule has 0 radical (unpaired) electrons. The van der Waals surface area contributed by atoms with Gasteiger partial charge in [-0.05, 0) is 24.3 Å². The first-order valence-electron chi connectivity index (χ1n) is 5.11. The monoisotopic (exact) mass is 220 g/mol. The van der Waals surface area contributed by atoms with Crippen molar-refractivity contribution in [2.24, 2.45) is 0 Å². The Kier molecular flexibility index (Phi) is 2.21. The second-order valence-electron chi connectivity index (χ2n) is 3.76. The molecule has 0 saturated heterocycles. The smallest absolute Gasteiger partial charge is 0.133 e. The Morgan fingerprint density at radius 2 is 2.60 bits per heavy atom. The standard InChI is InChI=1S/C11H12N2OS/c1-3-14-10-2-4-15-11(10)8(1)5-9-6-12-7-13-9/h2,4,6-8H,1,3,5H2,(H,12,13). The van der Waals surface area contributed by atoms with Gasteiger partial charge in [-0.2, -0.15) is 0 Å². The highest BCUT2D eigenvalue weighted by Crippen LogP contribution is 2.39. The van der Waals surface area contributed by atoms with Crippen molar-refractivity contribution >= 4 is 11.3 Å². The number of aromatic amines is 1. The molecule has 4 heteroatoms. The number of ether oxygens (including phenoxy) is 1. The zero-order chi connectivity index (χ0) is 10.1. The molecule has 1 aliphatic heterocycles. The Bertz CT molecular complexity index is 435. The minimum Gasteiger partial charge on any atom is -0.492 e. The summed E-state index contributed by atoms with van der Waals surface area (Å²) < 4.78 is 5.60. The van der Waals surface area contributed by atoms with E-state index in [9.17, 15) is 0 Å². The number of hydrogen-bond acceptors (Lipinski definition) is 3. The largest absolute Gasteiger partial charge is 0.492 e. The highest BCUT2D eigenvalue weighted by molar-refractivity contribution is 7.10. The van der Waals surface area contributed by atoms with Crippen molar-refractivity contribution in [2.75, 3.05) is 6.61 Å². The van der Waals surface area contributed by atoms with Crippen LogP contribution in [0.3, 0.4) is 0 Å². The normalized spacial score (nSPS) is 19.6. The number of fused-ring (bicyclic) bond motifs is 1. The predicted octanol–water partition coefficient (Wildman–Crippen LogP) is 2.58. The molecule has 1 aliphatic rings. The minimum absolute atomic E-state index is 0.592. The van der Waals surface area contributed by atoms with E-state index in [0.29, 0.717) is 5.92 Å². The average molecular weight is 220 g/mol. The van der Waals surface area contributed by atoms with Gasteiger partial charge in [0, 0.05) is 17.8 Å². The van der Waals surface area contributed by atoms with E-state index < -0.39 is 0 Å². The lowest BCUT2D eigenvalue weighted by molar-refractivity contribution is 0.270. The molecular weight excluding hydrogens is 208 g/mol. The topological polar surface area (TPSA) is 37.9 Å². The molecule has 2 aromatic heterocycles. The van der Waals surface area contributed by atoms with E-state index in [1.54, 1.807) is 17.7 Å². The van der Waals surface area contributed by atoms with Gasteiger partial charge in [-0.1, -0.05) is 0 Å². The van der Waals surface area contributed by atoms with E-state index in [1.807, 2.05) is 6.20 Å². The number of hydrogen-bond donors (Lipinski definition) is 1. The fraction of sp³-hybridized carbons (Fsp3) is 0.364. The molecular formula is C11H12N2OS. The molecule has 0 fully saturated rings. The van der Waals surface area contributed by atoms with Gasteiger partial charge in [-0.15, -0.1) is 11.3 Å². The molecule has 2 aromatic rings. The van der Waals surface area contributed by atoms with Gasteiger partial charge in [0.15, 0.2) is 0 Å². The SMILES string of the molecule is c1ncc(CC2CCOc3ccsc32)[nH]1. The molecule has 0 spiro atoms. The molecule has 15 heavy (non-hydrogen) atoms. The Balaban J connectivity index is 1.84. The lowest BCUT2D eigenvalue weighted by Gasteiger charge is -2.22. The maximum atomic E-state index is 5.60. The third-order valence-corrected chi connectivity index (χ3v) is 3.83.